The van der Waals surface area contributed by atoms with E-state index in [1.165, 1.54) is 23.1 Å². The Morgan fingerprint density at radius 3 is 2.95 bits per heavy atom. The van der Waals surface area contributed by atoms with Crippen molar-refractivity contribution in [2.75, 3.05) is 11.9 Å². The molecular weight excluding hydrogens is 287 g/mol. The fourth-order valence-electron chi connectivity index (χ4n) is 2.30. The lowest BCUT2D eigenvalue weighted by Gasteiger charge is -2.24. The van der Waals surface area contributed by atoms with Gasteiger partial charge in [0.15, 0.2) is 5.82 Å². The third-order valence-corrected chi connectivity index (χ3v) is 3.53. The molecule has 1 aliphatic rings. The minimum atomic E-state index is -0.955. The van der Waals surface area contributed by atoms with E-state index in [0.717, 1.165) is 6.42 Å². The van der Waals surface area contributed by atoms with Crippen LogP contribution in [-0.4, -0.2) is 34.6 Å². The van der Waals surface area contributed by atoms with E-state index in [0.29, 0.717) is 13.0 Å². The second-order valence-corrected chi connectivity index (χ2v) is 5.03. The third-order valence-electron chi connectivity index (χ3n) is 3.24. The molecule has 20 heavy (non-hydrogen) atoms. The number of aliphatic carboxylic acids is 1. The minimum absolute atomic E-state index is 0.0107. The molecule has 1 aromatic rings. The average molecular weight is 301 g/mol. The zero-order valence-corrected chi connectivity index (χ0v) is 11.4. The molecule has 1 aliphatic heterocycles. The van der Waals surface area contributed by atoms with Gasteiger partial charge >= 0.3 is 12.0 Å². The first kappa shape index (κ1) is 14.6. The molecule has 1 fully saturated rings. The highest BCUT2D eigenvalue weighted by molar-refractivity contribution is 6.31. The summed E-state index contributed by atoms with van der Waals surface area (Å²) in [7, 11) is 0. The van der Waals surface area contributed by atoms with E-state index in [2.05, 4.69) is 5.32 Å². The number of anilines is 1. The number of carbonyl (C=O) groups excluding carboxylic acids is 1. The number of benzene rings is 1. The van der Waals surface area contributed by atoms with Crippen LogP contribution in [0.5, 0.6) is 0 Å². The Bertz CT molecular complexity index is 538. The number of amides is 2. The minimum Gasteiger partial charge on any atom is -0.481 e. The van der Waals surface area contributed by atoms with Crippen LogP contribution in [-0.2, 0) is 4.79 Å². The molecule has 1 atom stereocenters. The van der Waals surface area contributed by atoms with Crippen LogP contribution in [0.1, 0.15) is 19.3 Å². The van der Waals surface area contributed by atoms with Crippen molar-refractivity contribution in [3.05, 3.63) is 29.0 Å². The van der Waals surface area contributed by atoms with Crippen LogP contribution in [0.4, 0.5) is 14.9 Å². The van der Waals surface area contributed by atoms with Gasteiger partial charge in [-0.2, -0.15) is 0 Å². The van der Waals surface area contributed by atoms with Crippen LogP contribution >= 0.6 is 11.6 Å². The van der Waals surface area contributed by atoms with Crippen molar-refractivity contribution < 1.29 is 19.1 Å². The molecule has 0 aliphatic carbocycles. The van der Waals surface area contributed by atoms with Crippen LogP contribution in [0.3, 0.4) is 0 Å². The Kier molecular flexibility index (Phi) is 4.44. The molecular formula is C13H14ClFN2O3. The number of carbonyl (C=O) groups is 2. The first-order valence-corrected chi connectivity index (χ1v) is 6.60. The van der Waals surface area contributed by atoms with E-state index in [4.69, 9.17) is 16.7 Å². The van der Waals surface area contributed by atoms with E-state index >= 15 is 0 Å². The number of carboxylic acids is 1. The van der Waals surface area contributed by atoms with Gasteiger partial charge in [0, 0.05) is 12.6 Å². The topological polar surface area (TPSA) is 69.6 Å². The normalized spacial score (nSPS) is 18.1. The van der Waals surface area contributed by atoms with Crippen LogP contribution in [0.2, 0.25) is 5.02 Å². The zero-order valence-electron chi connectivity index (χ0n) is 10.6. The number of nitrogens with zero attached hydrogens (tertiary/aromatic N) is 1. The summed E-state index contributed by atoms with van der Waals surface area (Å²) in [6.07, 6.45) is 1.27. The first-order chi connectivity index (χ1) is 9.49. The second-order valence-electron chi connectivity index (χ2n) is 4.62. The standard InChI is InChI=1S/C13H14ClFN2O3/c14-9-4-1-5-10(12(9)15)16-13(20)17-6-2-3-8(17)7-11(18)19/h1,4-5,8H,2-3,6-7H2,(H,16,20)(H,18,19). The number of rotatable bonds is 3. The Hall–Kier alpha value is -1.82. The van der Waals surface area contributed by atoms with Crippen LogP contribution < -0.4 is 5.32 Å². The molecule has 1 saturated heterocycles. The van der Waals surface area contributed by atoms with Crippen molar-refractivity contribution in [1.82, 2.24) is 4.90 Å². The molecule has 5 nitrogen and oxygen atoms in total. The lowest BCUT2D eigenvalue weighted by atomic mass is 10.1. The van der Waals surface area contributed by atoms with Gasteiger partial charge in [-0.3, -0.25) is 4.79 Å². The van der Waals surface area contributed by atoms with E-state index in [1.54, 1.807) is 0 Å². The maximum absolute atomic E-state index is 13.7. The lowest BCUT2D eigenvalue weighted by molar-refractivity contribution is -0.137. The van der Waals surface area contributed by atoms with Gasteiger partial charge in [-0.25, -0.2) is 9.18 Å². The van der Waals surface area contributed by atoms with Gasteiger partial charge in [0.05, 0.1) is 17.1 Å². The highest BCUT2D eigenvalue weighted by atomic mass is 35.5. The fraction of sp³-hybridized carbons (Fsp3) is 0.385. The summed E-state index contributed by atoms with van der Waals surface area (Å²) in [5, 5.41) is 11.2. The number of hydrogen-bond donors (Lipinski definition) is 2. The second kappa shape index (κ2) is 6.09. The Labute approximate surface area is 120 Å². The molecule has 0 radical (unpaired) electrons. The fourth-order valence-corrected chi connectivity index (χ4v) is 2.48. The quantitative estimate of drug-likeness (QED) is 0.901. The zero-order chi connectivity index (χ0) is 14.7. The molecule has 0 bridgehead atoms. The molecule has 0 saturated carbocycles. The van der Waals surface area contributed by atoms with Gasteiger partial charge in [-0.1, -0.05) is 17.7 Å². The molecule has 1 heterocycles. The van der Waals surface area contributed by atoms with Gasteiger partial charge in [0.25, 0.3) is 0 Å². The summed E-state index contributed by atoms with van der Waals surface area (Å²) in [5.74, 6) is -1.65. The molecule has 1 aromatic carbocycles. The van der Waals surface area contributed by atoms with Crippen molar-refractivity contribution >= 4 is 29.3 Å². The molecule has 0 spiro atoms. The summed E-state index contributed by atoms with van der Waals surface area (Å²) in [6.45, 7) is 0.464. The largest absolute Gasteiger partial charge is 0.481 e. The maximum Gasteiger partial charge on any atom is 0.322 e. The monoisotopic (exact) mass is 300 g/mol. The van der Waals surface area contributed by atoms with Gasteiger partial charge in [0.2, 0.25) is 0 Å². The SMILES string of the molecule is O=C(O)CC1CCCN1C(=O)Nc1cccc(Cl)c1F. The van der Waals surface area contributed by atoms with Crippen LogP contribution in [0, 0.1) is 5.82 Å². The van der Waals surface area contributed by atoms with Crippen molar-refractivity contribution in [3.8, 4) is 0 Å². The molecule has 2 amide bonds. The van der Waals surface area contributed by atoms with Gasteiger partial charge in [0.1, 0.15) is 0 Å². The lowest BCUT2D eigenvalue weighted by Crippen LogP contribution is -2.39. The van der Waals surface area contributed by atoms with Crippen molar-refractivity contribution in [1.29, 1.82) is 0 Å². The number of likely N-dealkylation sites (tertiary alicyclic amines) is 1. The molecule has 7 heteroatoms. The highest BCUT2D eigenvalue weighted by Crippen LogP contribution is 2.25. The maximum atomic E-state index is 13.7. The number of carboxylic acid groups (broad SMARTS) is 1. The summed E-state index contributed by atoms with van der Waals surface area (Å²) in [6, 6.07) is 3.46. The molecule has 108 valence electrons. The number of hydrogen-bond acceptors (Lipinski definition) is 2. The first-order valence-electron chi connectivity index (χ1n) is 6.22. The Morgan fingerprint density at radius 2 is 2.25 bits per heavy atom. The molecule has 0 aromatic heterocycles. The summed E-state index contributed by atoms with van der Waals surface area (Å²) >= 11 is 5.64. The number of halogens is 2. The van der Waals surface area contributed by atoms with Crippen molar-refractivity contribution in [3.63, 3.8) is 0 Å². The van der Waals surface area contributed by atoms with E-state index < -0.39 is 17.8 Å². The molecule has 1 unspecified atom stereocenters. The Balaban J connectivity index is 2.07. The average Bonchev–Trinajstić information content (AvgIpc) is 2.82. The van der Waals surface area contributed by atoms with E-state index in [9.17, 15) is 14.0 Å². The molecule has 2 N–H and O–H groups in total. The predicted octanol–water partition coefficient (Wildman–Crippen LogP) is 2.95. The van der Waals surface area contributed by atoms with Crippen LogP contribution in [0.15, 0.2) is 18.2 Å². The van der Waals surface area contributed by atoms with Crippen LogP contribution in [0.25, 0.3) is 0 Å². The summed E-state index contributed by atoms with van der Waals surface area (Å²) in [4.78, 5) is 24.3. The van der Waals surface area contributed by atoms with Gasteiger partial charge < -0.3 is 15.3 Å². The third kappa shape index (κ3) is 3.19. The van der Waals surface area contributed by atoms with Crippen molar-refractivity contribution in [2.24, 2.45) is 0 Å². The van der Waals surface area contributed by atoms with E-state index in [-0.39, 0.29) is 23.2 Å². The smallest absolute Gasteiger partial charge is 0.322 e. The van der Waals surface area contributed by atoms with E-state index in [1.807, 2.05) is 0 Å². The van der Waals surface area contributed by atoms with Gasteiger partial charge in [-0.15, -0.1) is 0 Å². The number of urea groups is 1. The Morgan fingerprint density at radius 1 is 1.50 bits per heavy atom. The summed E-state index contributed by atoms with van der Waals surface area (Å²) < 4.78 is 13.7. The predicted molar refractivity (Wildman–Crippen MR) is 72.4 cm³/mol. The van der Waals surface area contributed by atoms with Gasteiger partial charge in [-0.05, 0) is 25.0 Å². The van der Waals surface area contributed by atoms with Crippen molar-refractivity contribution in [2.45, 2.75) is 25.3 Å². The molecule has 2 rings (SSSR count). The summed E-state index contributed by atoms with van der Waals surface area (Å²) in [5.41, 5.74) is -0.0107. The highest BCUT2D eigenvalue weighted by Gasteiger charge is 2.30. The number of nitrogens with one attached hydrogen (secondary N) is 1.